The van der Waals surface area contributed by atoms with Gasteiger partial charge in [0.2, 0.25) is 0 Å². The lowest BCUT2D eigenvalue weighted by Crippen LogP contribution is -2.27. The largest absolute Gasteiger partial charge is 0.376 e. The van der Waals surface area contributed by atoms with Gasteiger partial charge in [-0.15, -0.1) is 0 Å². The Hall–Kier alpha value is -0.410. The molecule has 0 amide bonds. The SMILES string of the molecule is CC(=O)CC(C)OCC1CCCCO1. The molecule has 0 bridgehead atoms. The van der Waals surface area contributed by atoms with Gasteiger partial charge in [0.1, 0.15) is 5.78 Å². The third-order valence-corrected chi connectivity index (χ3v) is 2.42. The van der Waals surface area contributed by atoms with Gasteiger partial charge in [0.15, 0.2) is 0 Å². The van der Waals surface area contributed by atoms with E-state index in [2.05, 4.69) is 0 Å². The molecule has 1 aliphatic rings. The lowest BCUT2D eigenvalue weighted by molar-refractivity contribution is -0.121. The van der Waals surface area contributed by atoms with Crippen molar-refractivity contribution in [1.82, 2.24) is 0 Å². The van der Waals surface area contributed by atoms with E-state index in [9.17, 15) is 4.79 Å². The molecule has 1 saturated heterocycles. The van der Waals surface area contributed by atoms with Crippen molar-refractivity contribution in [3.8, 4) is 0 Å². The topological polar surface area (TPSA) is 35.5 Å². The van der Waals surface area contributed by atoms with Gasteiger partial charge in [0.05, 0.1) is 18.8 Å². The van der Waals surface area contributed by atoms with Crippen LogP contribution in [0.5, 0.6) is 0 Å². The molecule has 2 unspecified atom stereocenters. The number of ketones is 1. The molecule has 14 heavy (non-hydrogen) atoms. The Kier molecular flexibility index (Phi) is 5.12. The number of hydrogen-bond acceptors (Lipinski definition) is 3. The van der Waals surface area contributed by atoms with Gasteiger partial charge in [0, 0.05) is 13.0 Å². The number of ether oxygens (including phenoxy) is 2. The molecular formula is C11H20O3. The molecule has 3 heteroatoms. The molecule has 1 aliphatic heterocycles. The molecular weight excluding hydrogens is 180 g/mol. The molecule has 1 fully saturated rings. The van der Waals surface area contributed by atoms with Crippen LogP contribution in [0.25, 0.3) is 0 Å². The van der Waals surface area contributed by atoms with Crippen LogP contribution in [0.1, 0.15) is 39.5 Å². The van der Waals surface area contributed by atoms with Gasteiger partial charge in [-0.3, -0.25) is 4.79 Å². The van der Waals surface area contributed by atoms with Crippen LogP contribution in [-0.2, 0) is 14.3 Å². The van der Waals surface area contributed by atoms with Gasteiger partial charge < -0.3 is 9.47 Å². The zero-order valence-electron chi connectivity index (χ0n) is 9.12. The molecule has 0 aromatic carbocycles. The van der Waals surface area contributed by atoms with E-state index < -0.39 is 0 Å². The maximum absolute atomic E-state index is 10.8. The van der Waals surface area contributed by atoms with Gasteiger partial charge in [-0.05, 0) is 33.1 Å². The molecule has 2 atom stereocenters. The number of hydrogen-bond donors (Lipinski definition) is 0. The van der Waals surface area contributed by atoms with Crippen LogP contribution < -0.4 is 0 Å². The van der Waals surface area contributed by atoms with Crippen LogP contribution >= 0.6 is 0 Å². The van der Waals surface area contributed by atoms with E-state index in [1.165, 1.54) is 12.8 Å². The summed E-state index contributed by atoms with van der Waals surface area (Å²) in [4.78, 5) is 10.8. The zero-order valence-corrected chi connectivity index (χ0v) is 9.12. The van der Waals surface area contributed by atoms with E-state index in [-0.39, 0.29) is 18.0 Å². The number of Topliss-reactive ketones (excluding diaryl/α,β-unsaturated/α-hetero) is 1. The maximum atomic E-state index is 10.8. The van der Waals surface area contributed by atoms with Crippen molar-refractivity contribution in [3.63, 3.8) is 0 Å². The highest BCUT2D eigenvalue weighted by Gasteiger charge is 2.15. The summed E-state index contributed by atoms with van der Waals surface area (Å²) in [5.41, 5.74) is 0. The van der Waals surface area contributed by atoms with Crippen LogP contribution in [-0.4, -0.2) is 31.2 Å². The molecule has 0 aromatic heterocycles. The van der Waals surface area contributed by atoms with Crippen LogP contribution in [0.4, 0.5) is 0 Å². The first-order valence-corrected chi connectivity index (χ1v) is 5.41. The Balaban J connectivity index is 2.09. The monoisotopic (exact) mass is 200 g/mol. The predicted molar refractivity (Wildman–Crippen MR) is 54.3 cm³/mol. The normalized spacial score (nSPS) is 24.6. The van der Waals surface area contributed by atoms with Crippen molar-refractivity contribution in [2.24, 2.45) is 0 Å². The summed E-state index contributed by atoms with van der Waals surface area (Å²) in [5, 5.41) is 0. The minimum absolute atomic E-state index is 0.0260. The highest BCUT2D eigenvalue weighted by molar-refractivity contribution is 5.75. The lowest BCUT2D eigenvalue weighted by atomic mass is 10.1. The third-order valence-electron chi connectivity index (χ3n) is 2.42. The van der Waals surface area contributed by atoms with Crippen LogP contribution in [0.15, 0.2) is 0 Å². The van der Waals surface area contributed by atoms with Crippen molar-refractivity contribution >= 4 is 5.78 Å². The second-order valence-corrected chi connectivity index (χ2v) is 4.04. The van der Waals surface area contributed by atoms with Gasteiger partial charge in [-0.1, -0.05) is 0 Å². The molecule has 0 aliphatic carbocycles. The number of carbonyl (C=O) groups excluding carboxylic acids is 1. The first-order chi connectivity index (χ1) is 6.68. The Morgan fingerprint density at radius 3 is 2.93 bits per heavy atom. The molecule has 3 nitrogen and oxygen atoms in total. The van der Waals surface area contributed by atoms with Crippen molar-refractivity contribution in [2.75, 3.05) is 13.2 Å². The van der Waals surface area contributed by atoms with Gasteiger partial charge in [-0.2, -0.15) is 0 Å². The van der Waals surface area contributed by atoms with Crippen molar-refractivity contribution in [2.45, 2.75) is 51.7 Å². The fraction of sp³-hybridized carbons (Fsp3) is 0.909. The first kappa shape index (κ1) is 11.7. The molecule has 0 aromatic rings. The molecule has 0 N–H and O–H groups in total. The van der Waals surface area contributed by atoms with Crippen LogP contribution in [0.2, 0.25) is 0 Å². The van der Waals surface area contributed by atoms with E-state index in [1.807, 2.05) is 6.92 Å². The fourth-order valence-electron chi connectivity index (χ4n) is 1.67. The summed E-state index contributed by atoms with van der Waals surface area (Å²) in [6.45, 7) is 5.02. The Morgan fingerprint density at radius 2 is 2.36 bits per heavy atom. The Labute approximate surface area is 85.8 Å². The first-order valence-electron chi connectivity index (χ1n) is 5.41. The second kappa shape index (κ2) is 6.14. The van der Waals surface area contributed by atoms with Crippen molar-refractivity contribution in [1.29, 1.82) is 0 Å². The highest BCUT2D eigenvalue weighted by atomic mass is 16.5. The molecule has 1 rings (SSSR count). The van der Waals surface area contributed by atoms with Crippen LogP contribution in [0, 0.1) is 0 Å². The highest BCUT2D eigenvalue weighted by Crippen LogP contribution is 2.13. The molecule has 0 spiro atoms. The quantitative estimate of drug-likeness (QED) is 0.680. The zero-order chi connectivity index (χ0) is 10.4. The standard InChI is InChI=1S/C11H20O3/c1-9(12)7-10(2)14-8-11-5-3-4-6-13-11/h10-11H,3-8H2,1-2H3. The molecule has 0 saturated carbocycles. The van der Waals surface area contributed by atoms with Gasteiger partial charge in [-0.25, -0.2) is 0 Å². The van der Waals surface area contributed by atoms with E-state index in [4.69, 9.17) is 9.47 Å². The average molecular weight is 200 g/mol. The van der Waals surface area contributed by atoms with Crippen molar-refractivity contribution < 1.29 is 14.3 Å². The lowest BCUT2D eigenvalue weighted by Gasteiger charge is -2.23. The van der Waals surface area contributed by atoms with Gasteiger partial charge >= 0.3 is 0 Å². The minimum atomic E-state index is 0.0260. The van der Waals surface area contributed by atoms with E-state index in [0.717, 1.165) is 13.0 Å². The fourth-order valence-corrected chi connectivity index (χ4v) is 1.67. The van der Waals surface area contributed by atoms with E-state index >= 15 is 0 Å². The number of carbonyl (C=O) groups is 1. The number of rotatable bonds is 5. The summed E-state index contributed by atoms with van der Waals surface area (Å²) in [5.74, 6) is 0.182. The maximum Gasteiger partial charge on any atom is 0.132 e. The molecule has 0 radical (unpaired) electrons. The van der Waals surface area contributed by atoms with Crippen molar-refractivity contribution in [3.05, 3.63) is 0 Å². The van der Waals surface area contributed by atoms with E-state index in [0.29, 0.717) is 13.0 Å². The average Bonchev–Trinajstić information content (AvgIpc) is 2.15. The second-order valence-electron chi connectivity index (χ2n) is 4.04. The van der Waals surface area contributed by atoms with Gasteiger partial charge in [0.25, 0.3) is 0 Å². The summed E-state index contributed by atoms with van der Waals surface area (Å²) < 4.78 is 11.1. The summed E-state index contributed by atoms with van der Waals surface area (Å²) in [7, 11) is 0. The van der Waals surface area contributed by atoms with E-state index in [1.54, 1.807) is 6.92 Å². The third kappa shape index (κ3) is 4.72. The summed E-state index contributed by atoms with van der Waals surface area (Å²) in [6.07, 6.45) is 4.27. The minimum Gasteiger partial charge on any atom is -0.376 e. The Morgan fingerprint density at radius 1 is 1.57 bits per heavy atom. The Bertz CT molecular complexity index is 173. The smallest absolute Gasteiger partial charge is 0.132 e. The summed E-state index contributed by atoms with van der Waals surface area (Å²) in [6, 6.07) is 0. The molecule has 82 valence electrons. The molecule has 1 heterocycles. The van der Waals surface area contributed by atoms with Crippen LogP contribution in [0.3, 0.4) is 0 Å². The summed E-state index contributed by atoms with van der Waals surface area (Å²) >= 11 is 0. The predicted octanol–water partition coefficient (Wildman–Crippen LogP) is 1.94.